The molecular formula is C16H15ClO2. The molecule has 2 rings (SSSR count). The maximum absolute atomic E-state index is 12.3. The molecule has 0 saturated carbocycles. The van der Waals surface area contributed by atoms with Gasteiger partial charge in [0, 0.05) is 11.4 Å². The molecule has 3 heteroatoms. The van der Waals surface area contributed by atoms with Gasteiger partial charge in [0.05, 0.1) is 12.2 Å². The van der Waals surface area contributed by atoms with Crippen LogP contribution in [0.1, 0.15) is 22.8 Å². The summed E-state index contributed by atoms with van der Waals surface area (Å²) in [5.74, 6) is 0.670. The Hall–Kier alpha value is -1.80. The molecule has 0 aliphatic carbocycles. The second kappa shape index (κ2) is 6.39. The number of hydrogen-bond acceptors (Lipinski definition) is 2. The Balaban J connectivity index is 2.20. The van der Waals surface area contributed by atoms with Crippen LogP contribution in [0, 0.1) is 0 Å². The molecule has 2 aromatic rings. The molecule has 0 bridgehead atoms. The van der Waals surface area contributed by atoms with Crippen molar-refractivity contribution in [3.05, 3.63) is 64.7 Å². The van der Waals surface area contributed by atoms with E-state index in [2.05, 4.69) is 0 Å². The van der Waals surface area contributed by atoms with Gasteiger partial charge in [-0.2, -0.15) is 0 Å². The lowest BCUT2D eigenvalue weighted by molar-refractivity contribution is 0.0989. The zero-order valence-corrected chi connectivity index (χ0v) is 11.5. The van der Waals surface area contributed by atoms with Crippen LogP contribution in [0.25, 0.3) is 0 Å². The normalized spacial score (nSPS) is 10.2. The zero-order valence-electron chi connectivity index (χ0n) is 10.7. The van der Waals surface area contributed by atoms with Crippen molar-refractivity contribution < 1.29 is 9.53 Å². The Morgan fingerprint density at radius 1 is 1.16 bits per heavy atom. The van der Waals surface area contributed by atoms with Crippen LogP contribution in [0.4, 0.5) is 0 Å². The summed E-state index contributed by atoms with van der Waals surface area (Å²) in [6.07, 6.45) is 0.324. The van der Waals surface area contributed by atoms with Crippen molar-refractivity contribution in [3.8, 4) is 5.75 Å². The van der Waals surface area contributed by atoms with E-state index < -0.39 is 0 Å². The molecule has 0 radical (unpaired) electrons. The average molecular weight is 275 g/mol. The molecule has 0 amide bonds. The Labute approximate surface area is 118 Å². The van der Waals surface area contributed by atoms with Gasteiger partial charge in [-0.3, -0.25) is 4.79 Å². The molecule has 0 aliphatic heterocycles. The second-order valence-electron chi connectivity index (χ2n) is 4.16. The highest BCUT2D eigenvalue weighted by Gasteiger charge is 2.12. The minimum atomic E-state index is 0.0336. The molecule has 0 unspecified atom stereocenters. The highest BCUT2D eigenvalue weighted by molar-refractivity contribution is 6.30. The van der Waals surface area contributed by atoms with E-state index >= 15 is 0 Å². The molecule has 0 aromatic heterocycles. The molecule has 0 aliphatic rings. The van der Waals surface area contributed by atoms with E-state index in [-0.39, 0.29) is 5.78 Å². The zero-order chi connectivity index (χ0) is 13.7. The van der Waals surface area contributed by atoms with Crippen LogP contribution in [-0.4, -0.2) is 12.4 Å². The summed E-state index contributed by atoms with van der Waals surface area (Å²) < 4.78 is 5.47. The molecule has 0 saturated heterocycles. The van der Waals surface area contributed by atoms with Gasteiger partial charge in [-0.15, -0.1) is 0 Å². The van der Waals surface area contributed by atoms with E-state index in [1.54, 1.807) is 12.1 Å². The van der Waals surface area contributed by atoms with Crippen LogP contribution >= 0.6 is 11.6 Å². The van der Waals surface area contributed by atoms with Gasteiger partial charge in [-0.1, -0.05) is 35.9 Å². The van der Waals surface area contributed by atoms with Gasteiger partial charge in [0.25, 0.3) is 0 Å². The number of carbonyl (C=O) groups excluding carboxylic acids is 1. The lowest BCUT2D eigenvalue weighted by Gasteiger charge is -2.09. The van der Waals surface area contributed by atoms with E-state index in [4.69, 9.17) is 16.3 Å². The molecular weight excluding hydrogens is 260 g/mol. The fraction of sp³-hybridized carbons (Fsp3) is 0.188. The van der Waals surface area contributed by atoms with Gasteiger partial charge in [-0.25, -0.2) is 0 Å². The largest absolute Gasteiger partial charge is 0.493 e. The summed E-state index contributed by atoms with van der Waals surface area (Å²) in [5, 5.41) is 0.642. The van der Waals surface area contributed by atoms with Crippen molar-refractivity contribution in [2.24, 2.45) is 0 Å². The number of carbonyl (C=O) groups is 1. The summed E-state index contributed by atoms with van der Waals surface area (Å²) in [6, 6.07) is 14.7. The Bertz CT molecular complexity index is 578. The molecule has 2 nitrogen and oxygen atoms in total. The Morgan fingerprint density at radius 3 is 2.68 bits per heavy atom. The van der Waals surface area contributed by atoms with E-state index in [0.29, 0.717) is 29.4 Å². The van der Waals surface area contributed by atoms with Crippen LogP contribution in [0.15, 0.2) is 48.5 Å². The second-order valence-corrected chi connectivity index (χ2v) is 4.60. The third-order valence-corrected chi connectivity index (χ3v) is 2.98. The van der Waals surface area contributed by atoms with Crippen LogP contribution < -0.4 is 4.74 Å². The number of rotatable bonds is 5. The average Bonchev–Trinajstić information content (AvgIpc) is 2.39. The van der Waals surface area contributed by atoms with Gasteiger partial charge < -0.3 is 4.74 Å². The van der Waals surface area contributed by atoms with Gasteiger partial charge in [0.2, 0.25) is 0 Å². The lowest BCUT2D eigenvalue weighted by atomic mass is 10.0. The molecule has 0 heterocycles. The summed E-state index contributed by atoms with van der Waals surface area (Å²) >= 11 is 5.92. The minimum absolute atomic E-state index is 0.0336. The monoisotopic (exact) mass is 274 g/mol. The van der Waals surface area contributed by atoms with Gasteiger partial charge in [0.1, 0.15) is 5.75 Å². The van der Waals surface area contributed by atoms with Crippen molar-refractivity contribution in [2.45, 2.75) is 13.3 Å². The van der Waals surface area contributed by atoms with E-state index in [1.165, 1.54) is 0 Å². The molecule has 0 fully saturated rings. The standard InChI is InChI=1S/C16H15ClO2/c1-2-19-16-9-4-3-8-14(16)15(18)11-12-6-5-7-13(17)10-12/h3-10H,2,11H2,1H3. The number of hydrogen-bond donors (Lipinski definition) is 0. The van der Waals surface area contributed by atoms with E-state index in [0.717, 1.165) is 5.56 Å². The summed E-state index contributed by atoms with van der Waals surface area (Å²) in [7, 11) is 0. The predicted octanol–water partition coefficient (Wildman–Crippen LogP) is 4.16. The number of ether oxygens (including phenoxy) is 1. The maximum atomic E-state index is 12.3. The fourth-order valence-electron chi connectivity index (χ4n) is 1.91. The van der Waals surface area contributed by atoms with Crippen molar-refractivity contribution in [3.63, 3.8) is 0 Å². The van der Waals surface area contributed by atoms with Crippen molar-refractivity contribution in [1.82, 2.24) is 0 Å². The third kappa shape index (κ3) is 3.58. The van der Waals surface area contributed by atoms with Crippen LogP contribution in [0.3, 0.4) is 0 Å². The SMILES string of the molecule is CCOc1ccccc1C(=O)Cc1cccc(Cl)c1. The third-order valence-electron chi connectivity index (χ3n) is 2.74. The number of ketones is 1. The molecule has 2 aromatic carbocycles. The highest BCUT2D eigenvalue weighted by Crippen LogP contribution is 2.21. The minimum Gasteiger partial charge on any atom is -0.493 e. The first-order valence-corrected chi connectivity index (χ1v) is 6.58. The van der Waals surface area contributed by atoms with E-state index in [9.17, 15) is 4.79 Å². The van der Waals surface area contributed by atoms with Crippen LogP contribution in [-0.2, 0) is 6.42 Å². The highest BCUT2D eigenvalue weighted by atomic mass is 35.5. The van der Waals surface area contributed by atoms with E-state index in [1.807, 2.05) is 43.3 Å². The summed E-state index contributed by atoms with van der Waals surface area (Å²) in [6.45, 7) is 2.44. The quantitative estimate of drug-likeness (QED) is 0.765. The summed E-state index contributed by atoms with van der Waals surface area (Å²) in [4.78, 5) is 12.3. The van der Waals surface area contributed by atoms with Crippen LogP contribution in [0.2, 0.25) is 5.02 Å². The fourth-order valence-corrected chi connectivity index (χ4v) is 2.12. The Morgan fingerprint density at radius 2 is 1.95 bits per heavy atom. The van der Waals surface area contributed by atoms with Crippen LogP contribution in [0.5, 0.6) is 5.75 Å². The predicted molar refractivity (Wildman–Crippen MR) is 77.1 cm³/mol. The lowest BCUT2D eigenvalue weighted by Crippen LogP contribution is -2.06. The van der Waals surface area contributed by atoms with Crippen molar-refractivity contribution >= 4 is 17.4 Å². The van der Waals surface area contributed by atoms with Crippen molar-refractivity contribution in [1.29, 1.82) is 0 Å². The number of benzene rings is 2. The van der Waals surface area contributed by atoms with Gasteiger partial charge >= 0.3 is 0 Å². The maximum Gasteiger partial charge on any atom is 0.170 e. The Kier molecular flexibility index (Phi) is 4.58. The first kappa shape index (κ1) is 13.6. The first-order chi connectivity index (χ1) is 9.20. The van der Waals surface area contributed by atoms with Crippen molar-refractivity contribution in [2.75, 3.05) is 6.61 Å². The van der Waals surface area contributed by atoms with Gasteiger partial charge in [-0.05, 0) is 36.8 Å². The topological polar surface area (TPSA) is 26.3 Å². The molecule has 0 atom stereocenters. The molecule has 98 valence electrons. The first-order valence-electron chi connectivity index (χ1n) is 6.20. The van der Waals surface area contributed by atoms with Gasteiger partial charge in [0.15, 0.2) is 5.78 Å². The summed E-state index contributed by atoms with van der Waals surface area (Å²) in [5.41, 5.74) is 1.52. The smallest absolute Gasteiger partial charge is 0.170 e. The molecule has 0 N–H and O–H groups in total. The number of halogens is 1. The number of para-hydroxylation sites is 1. The molecule has 19 heavy (non-hydrogen) atoms. The number of Topliss-reactive ketones (excluding diaryl/α,β-unsaturated/α-hetero) is 1. The molecule has 0 spiro atoms.